The molecule has 0 spiro atoms. The number of ether oxygens (including phenoxy) is 4. The fourth-order valence-electron chi connectivity index (χ4n) is 3.18. The standard InChI is InChI=1S/C23H28O7/c1-7-8-9-29-22(25)19-13(2)10-16(12-17(19)24)30-23(26)20-14(3)11-18(27-5)15(4)21(20)28-6/h10-12,24H,7-9H2,1-6H3. The summed E-state index contributed by atoms with van der Waals surface area (Å²) in [6.45, 7) is 7.43. The maximum Gasteiger partial charge on any atom is 0.347 e. The fraction of sp³-hybridized carbons (Fsp3) is 0.391. The molecule has 0 fully saturated rings. The predicted molar refractivity (Wildman–Crippen MR) is 112 cm³/mol. The first-order valence-electron chi connectivity index (χ1n) is 9.70. The lowest BCUT2D eigenvalue weighted by Gasteiger charge is -2.17. The molecule has 2 rings (SSSR count). The Morgan fingerprint density at radius 3 is 2.17 bits per heavy atom. The zero-order valence-electron chi connectivity index (χ0n) is 18.3. The van der Waals surface area contributed by atoms with Crippen molar-refractivity contribution in [3.05, 3.63) is 46.0 Å². The smallest absolute Gasteiger partial charge is 0.347 e. The number of carbonyl (C=O) groups is 2. The number of hydrogen-bond donors (Lipinski definition) is 1. The van der Waals surface area contributed by atoms with Gasteiger partial charge in [-0.2, -0.15) is 0 Å². The number of rotatable bonds is 8. The molecule has 0 unspecified atom stereocenters. The number of aryl methyl sites for hydroxylation is 2. The highest BCUT2D eigenvalue weighted by Crippen LogP contribution is 2.35. The Morgan fingerprint density at radius 2 is 1.60 bits per heavy atom. The van der Waals surface area contributed by atoms with Crippen molar-refractivity contribution in [2.24, 2.45) is 0 Å². The van der Waals surface area contributed by atoms with Crippen LogP contribution in [0.1, 0.15) is 57.2 Å². The minimum absolute atomic E-state index is 0.0555. The highest BCUT2D eigenvalue weighted by molar-refractivity contribution is 5.97. The van der Waals surface area contributed by atoms with Gasteiger partial charge in [0.25, 0.3) is 0 Å². The van der Waals surface area contributed by atoms with Crippen molar-refractivity contribution < 1.29 is 33.6 Å². The molecule has 0 atom stereocenters. The largest absolute Gasteiger partial charge is 0.507 e. The van der Waals surface area contributed by atoms with E-state index in [1.165, 1.54) is 19.2 Å². The number of carbonyl (C=O) groups excluding carboxylic acids is 2. The molecule has 1 N–H and O–H groups in total. The normalized spacial score (nSPS) is 10.5. The molecule has 0 bridgehead atoms. The topological polar surface area (TPSA) is 91.3 Å². The summed E-state index contributed by atoms with van der Waals surface area (Å²) in [5, 5.41) is 10.3. The van der Waals surface area contributed by atoms with Crippen LogP contribution < -0.4 is 14.2 Å². The van der Waals surface area contributed by atoms with Crippen LogP contribution in [-0.2, 0) is 4.74 Å². The molecule has 0 radical (unpaired) electrons. The fourth-order valence-corrected chi connectivity index (χ4v) is 3.18. The second-order valence-corrected chi connectivity index (χ2v) is 6.94. The van der Waals surface area contributed by atoms with Gasteiger partial charge in [0.1, 0.15) is 34.1 Å². The number of phenols is 1. The number of unbranched alkanes of at least 4 members (excludes halogenated alkanes) is 1. The van der Waals surface area contributed by atoms with E-state index < -0.39 is 11.9 Å². The van der Waals surface area contributed by atoms with Crippen molar-refractivity contribution in [3.63, 3.8) is 0 Å². The Balaban J connectivity index is 2.32. The number of hydrogen-bond acceptors (Lipinski definition) is 7. The van der Waals surface area contributed by atoms with E-state index in [1.807, 2.05) is 6.92 Å². The highest BCUT2D eigenvalue weighted by Gasteiger charge is 2.24. The van der Waals surface area contributed by atoms with Crippen LogP contribution in [0.25, 0.3) is 0 Å². The first kappa shape index (κ1) is 23.1. The Kier molecular flexibility index (Phi) is 7.69. The molecule has 0 saturated carbocycles. The third-order valence-electron chi connectivity index (χ3n) is 4.74. The van der Waals surface area contributed by atoms with E-state index >= 15 is 0 Å². The third kappa shape index (κ3) is 4.84. The third-order valence-corrected chi connectivity index (χ3v) is 4.74. The molecular formula is C23H28O7. The van der Waals surface area contributed by atoms with Crippen LogP contribution in [0.15, 0.2) is 18.2 Å². The SMILES string of the molecule is CCCCOC(=O)c1c(C)cc(OC(=O)c2c(C)cc(OC)c(C)c2OC)cc1O. The van der Waals surface area contributed by atoms with Crippen molar-refractivity contribution in [3.8, 4) is 23.0 Å². The van der Waals surface area contributed by atoms with Gasteiger partial charge in [-0.25, -0.2) is 9.59 Å². The van der Waals surface area contributed by atoms with Crippen molar-refractivity contribution in [1.29, 1.82) is 0 Å². The summed E-state index contributed by atoms with van der Waals surface area (Å²) < 4.78 is 21.4. The van der Waals surface area contributed by atoms with Crippen LogP contribution in [-0.4, -0.2) is 37.9 Å². The van der Waals surface area contributed by atoms with Crippen molar-refractivity contribution >= 4 is 11.9 Å². The van der Waals surface area contributed by atoms with Gasteiger partial charge >= 0.3 is 11.9 Å². The Morgan fingerprint density at radius 1 is 0.933 bits per heavy atom. The lowest BCUT2D eigenvalue weighted by Crippen LogP contribution is -2.14. The summed E-state index contributed by atoms with van der Waals surface area (Å²) in [6.07, 6.45) is 1.63. The molecule has 0 heterocycles. The molecule has 0 aliphatic heterocycles. The van der Waals surface area contributed by atoms with Gasteiger partial charge in [-0.1, -0.05) is 13.3 Å². The van der Waals surface area contributed by atoms with Crippen molar-refractivity contribution in [1.82, 2.24) is 0 Å². The maximum atomic E-state index is 12.9. The minimum atomic E-state index is -0.646. The molecule has 7 heteroatoms. The predicted octanol–water partition coefficient (Wildman–Crippen LogP) is 4.51. The number of esters is 2. The number of benzene rings is 2. The Labute approximate surface area is 176 Å². The van der Waals surface area contributed by atoms with Crippen molar-refractivity contribution in [2.45, 2.75) is 40.5 Å². The van der Waals surface area contributed by atoms with Crippen LogP contribution in [0.3, 0.4) is 0 Å². The summed E-state index contributed by atoms with van der Waals surface area (Å²) >= 11 is 0. The van der Waals surface area contributed by atoms with Gasteiger partial charge < -0.3 is 24.1 Å². The first-order chi connectivity index (χ1) is 14.2. The number of methoxy groups -OCH3 is 2. The van der Waals surface area contributed by atoms with E-state index in [0.717, 1.165) is 12.8 Å². The van der Waals surface area contributed by atoms with Crippen LogP contribution in [0, 0.1) is 20.8 Å². The minimum Gasteiger partial charge on any atom is -0.507 e. The average Bonchev–Trinajstić information content (AvgIpc) is 2.68. The van der Waals surface area contributed by atoms with E-state index in [0.29, 0.717) is 28.2 Å². The lowest BCUT2D eigenvalue weighted by atomic mass is 10.0. The monoisotopic (exact) mass is 416 g/mol. The van der Waals surface area contributed by atoms with Gasteiger partial charge in [0.15, 0.2) is 0 Å². The van der Waals surface area contributed by atoms with Gasteiger partial charge in [-0.15, -0.1) is 0 Å². The molecule has 2 aromatic carbocycles. The zero-order valence-corrected chi connectivity index (χ0v) is 18.3. The second-order valence-electron chi connectivity index (χ2n) is 6.94. The molecule has 30 heavy (non-hydrogen) atoms. The average molecular weight is 416 g/mol. The molecule has 7 nitrogen and oxygen atoms in total. The van der Waals surface area contributed by atoms with Gasteiger partial charge in [-0.3, -0.25) is 0 Å². The second kappa shape index (κ2) is 10.0. The van der Waals surface area contributed by atoms with E-state index in [2.05, 4.69) is 0 Å². The van der Waals surface area contributed by atoms with Gasteiger partial charge in [0.2, 0.25) is 0 Å². The first-order valence-corrected chi connectivity index (χ1v) is 9.70. The van der Waals surface area contributed by atoms with Crippen LogP contribution >= 0.6 is 0 Å². The summed E-state index contributed by atoms with van der Waals surface area (Å²) in [7, 11) is 3.01. The van der Waals surface area contributed by atoms with Crippen LogP contribution in [0.5, 0.6) is 23.0 Å². The summed E-state index contributed by atoms with van der Waals surface area (Å²) in [4.78, 5) is 25.1. The Bertz CT molecular complexity index is 924. The molecular weight excluding hydrogens is 388 g/mol. The molecule has 0 amide bonds. The quantitative estimate of drug-likeness (QED) is 0.384. The molecule has 0 aliphatic rings. The zero-order chi connectivity index (χ0) is 22.4. The molecule has 0 saturated heterocycles. The summed E-state index contributed by atoms with van der Waals surface area (Å²) in [6, 6.07) is 4.46. The molecule has 2 aromatic rings. The van der Waals surface area contributed by atoms with Crippen LogP contribution in [0.2, 0.25) is 0 Å². The van der Waals surface area contributed by atoms with E-state index in [9.17, 15) is 14.7 Å². The van der Waals surface area contributed by atoms with Gasteiger partial charge in [0, 0.05) is 11.6 Å². The van der Waals surface area contributed by atoms with E-state index in [4.69, 9.17) is 18.9 Å². The van der Waals surface area contributed by atoms with Gasteiger partial charge in [0.05, 0.1) is 20.8 Å². The van der Waals surface area contributed by atoms with E-state index in [-0.39, 0.29) is 29.2 Å². The number of phenolic OH excluding ortho intramolecular Hbond substituents is 1. The summed E-state index contributed by atoms with van der Waals surface area (Å²) in [5.41, 5.74) is 2.04. The maximum absolute atomic E-state index is 12.9. The summed E-state index contributed by atoms with van der Waals surface area (Å²) in [5.74, 6) is -0.509. The molecule has 162 valence electrons. The number of aromatic hydroxyl groups is 1. The van der Waals surface area contributed by atoms with E-state index in [1.54, 1.807) is 33.9 Å². The highest BCUT2D eigenvalue weighted by atomic mass is 16.5. The van der Waals surface area contributed by atoms with Gasteiger partial charge in [-0.05, 0) is 50.5 Å². The molecule has 0 aliphatic carbocycles. The molecule has 0 aromatic heterocycles. The Hall–Kier alpha value is -3.22. The lowest BCUT2D eigenvalue weighted by molar-refractivity contribution is 0.0495. The van der Waals surface area contributed by atoms with Crippen molar-refractivity contribution in [2.75, 3.05) is 20.8 Å². The van der Waals surface area contributed by atoms with Crippen LogP contribution in [0.4, 0.5) is 0 Å².